The molecule has 0 aliphatic heterocycles. The van der Waals surface area contributed by atoms with Crippen LogP contribution in [-0.4, -0.2) is 50.5 Å². The largest absolute Gasteiger partial charge is 0.354 e. The summed E-state index contributed by atoms with van der Waals surface area (Å²) in [6, 6.07) is 20.7. The lowest BCUT2D eigenvalue weighted by Gasteiger charge is -2.33. The average molecular weight is 619 g/mol. The highest BCUT2D eigenvalue weighted by Gasteiger charge is 2.33. The van der Waals surface area contributed by atoms with Crippen LogP contribution in [-0.2, 0) is 32.6 Å². The van der Waals surface area contributed by atoms with Crippen molar-refractivity contribution in [1.82, 2.24) is 10.2 Å². The Morgan fingerprint density at radius 3 is 2.18 bits per heavy atom. The second-order valence-corrected chi connectivity index (χ2v) is 12.1. The van der Waals surface area contributed by atoms with E-state index >= 15 is 0 Å². The number of carbonyl (C=O) groups excluding carboxylic acids is 2. The third-order valence-corrected chi connectivity index (χ3v) is 7.83. The minimum absolute atomic E-state index is 0.0891. The summed E-state index contributed by atoms with van der Waals surface area (Å²) in [4.78, 5) is 28.9. The van der Waals surface area contributed by atoms with Crippen LogP contribution in [0.25, 0.3) is 0 Å². The molecule has 208 valence electrons. The molecule has 0 radical (unpaired) electrons. The number of nitrogens with zero attached hydrogens (tertiary/aromatic N) is 2. The lowest BCUT2D eigenvalue weighted by molar-refractivity contribution is -0.140. The molecule has 0 unspecified atom stereocenters. The van der Waals surface area contributed by atoms with E-state index in [0.29, 0.717) is 6.54 Å². The monoisotopic (exact) mass is 617 g/mol. The minimum Gasteiger partial charge on any atom is -0.354 e. The Labute approximate surface area is 238 Å². The van der Waals surface area contributed by atoms with E-state index in [2.05, 4.69) is 21.2 Å². The van der Waals surface area contributed by atoms with Crippen molar-refractivity contribution < 1.29 is 22.4 Å². The number of sulfonamides is 1. The molecule has 0 spiro atoms. The lowest BCUT2D eigenvalue weighted by Crippen LogP contribution is -2.53. The Morgan fingerprint density at radius 1 is 0.949 bits per heavy atom. The van der Waals surface area contributed by atoms with Gasteiger partial charge in [0.2, 0.25) is 21.8 Å². The van der Waals surface area contributed by atoms with Crippen LogP contribution in [0.2, 0.25) is 0 Å². The number of unbranched alkanes of at least 4 members (excludes halogenated alkanes) is 1. The molecule has 0 aliphatic rings. The number of amides is 2. The number of halogens is 2. The first-order chi connectivity index (χ1) is 18.6. The highest BCUT2D eigenvalue weighted by Crippen LogP contribution is 2.21. The molecule has 7 nitrogen and oxygen atoms in total. The molecule has 0 saturated heterocycles. The van der Waals surface area contributed by atoms with E-state index < -0.39 is 34.3 Å². The van der Waals surface area contributed by atoms with Crippen molar-refractivity contribution in [2.24, 2.45) is 0 Å². The van der Waals surface area contributed by atoms with Crippen molar-refractivity contribution >= 4 is 43.5 Å². The summed E-state index contributed by atoms with van der Waals surface area (Å²) in [6.45, 7) is 2.03. The molecule has 3 rings (SSSR count). The van der Waals surface area contributed by atoms with E-state index in [4.69, 9.17) is 0 Å². The molecule has 0 heterocycles. The van der Waals surface area contributed by atoms with Crippen LogP contribution in [0.5, 0.6) is 0 Å². The first kappa shape index (κ1) is 30.3. The molecule has 10 heteroatoms. The van der Waals surface area contributed by atoms with Gasteiger partial charge in [0.1, 0.15) is 18.4 Å². The molecule has 0 fully saturated rings. The topological polar surface area (TPSA) is 86.8 Å². The van der Waals surface area contributed by atoms with Gasteiger partial charge in [0, 0.05) is 24.0 Å². The van der Waals surface area contributed by atoms with E-state index in [-0.39, 0.29) is 24.6 Å². The van der Waals surface area contributed by atoms with Gasteiger partial charge in [0.25, 0.3) is 0 Å². The van der Waals surface area contributed by atoms with Gasteiger partial charge in [0.05, 0.1) is 11.9 Å². The standard InChI is InChI=1S/C29H33BrFN3O4S/c1-3-4-18-32-29(36)27(19-22-8-6-5-7-9-22)33(20-23-10-12-24(30)13-11-23)28(35)21-34(39(2,37)38)26-16-14-25(31)15-17-26/h5-17,27H,3-4,18-21H2,1-2H3,(H,32,36)/t27-/m0/s1. The fourth-order valence-corrected chi connectivity index (χ4v) is 5.18. The number of hydrogen-bond acceptors (Lipinski definition) is 4. The molecule has 0 aromatic heterocycles. The number of hydrogen-bond donors (Lipinski definition) is 1. The van der Waals surface area contributed by atoms with Crippen LogP contribution in [0.1, 0.15) is 30.9 Å². The van der Waals surface area contributed by atoms with E-state index in [1.807, 2.05) is 61.5 Å². The summed E-state index contributed by atoms with van der Waals surface area (Å²) in [7, 11) is -3.90. The van der Waals surface area contributed by atoms with Crippen molar-refractivity contribution in [3.63, 3.8) is 0 Å². The summed E-state index contributed by atoms with van der Waals surface area (Å²) < 4.78 is 40.8. The number of nitrogens with one attached hydrogen (secondary N) is 1. The Morgan fingerprint density at radius 2 is 1.59 bits per heavy atom. The Bertz CT molecular complexity index is 1340. The average Bonchev–Trinajstić information content (AvgIpc) is 2.91. The predicted octanol–water partition coefficient (Wildman–Crippen LogP) is 4.91. The van der Waals surface area contributed by atoms with Gasteiger partial charge in [0.15, 0.2) is 0 Å². The van der Waals surface area contributed by atoms with Gasteiger partial charge >= 0.3 is 0 Å². The number of anilines is 1. The molecule has 1 atom stereocenters. The summed E-state index contributed by atoms with van der Waals surface area (Å²) in [6.07, 6.45) is 2.92. The molecule has 1 N–H and O–H groups in total. The van der Waals surface area contributed by atoms with Crippen LogP contribution < -0.4 is 9.62 Å². The van der Waals surface area contributed by atoms with Gasteiger partial charge < -0.3 is 10.2 Å². The quantitative estimate of drug-likeness (QED) is 0.276. The molecule has 0 aliphatic carbocycles. The third-order valence-electron chi connectivity index (χ3n) is 6.16. The first-order valence-electron chi connectivity index (χ1n) is 12.7. The highest BCUT2D eigenvalue weighted by molar-refractivity contribution is 9.10. The molecule has 0 saturated carbocycles. The summed E-state index contributed by atoms with van der Waals surface area (Å²) >= 11 is 3.41. The van der Waals surface area contributed by atoms with Crippen LogP contribution in [0.15, 0.2) is 83.3 Å². The zero-order valence-corrected chi connectivity index (χ0v) is 24.4. The number of benzene rings is 3. The molecule has 0 bridgehead atoms. The molecular formula is C29H33BrFN3O4S. The minimum atomic E-state index is -3.90. The van der Waals surface area contributed by atoms with E-state index in [1.54, 1.807) is 0 Å². The van der Waals surface area contributed by atoms with Gasteiger partial charge in [-0.3, -0.25) is 13.9 Å². The van der Waals surface area contributed by atoms with Gasteiger partial charge in [-0.2, -0.15) is 0 Å². The summed E-state index contributed by atoms with van der Waals surface area (Å²) in [5.41, 5.74) is 1.79. The maximum atomic E-state index is 13.9. The SMILES string of the molecule is CCCCNC(=O)[C@H](Cc1ccccc1)N(Cc1ccc(Br)cc1)C(=O)CN(c1ccc(F)cc1)S(C)(=O)=O. The van der Waals surface area contributed by atoms with E-state index in [0.717, 1.165) is 51.1 Å². The normalized spacial score (nSPS) is 12.0. The zero-order valence-electron chi connectivity index (χ0n) is 22.0. The summed E-state index contributed by atoms with van der Waals surface area (Å²) in [5.74, 6) is -1.40. The number of rotatable bonds is 13. The maximum Gasteiger partial charge on any atom is 0.244 e. The molecule has 3 aromatic rings. The fourth-order valence-electron chi connectivity index (χ4n) is 4.07. The van der Waals surface area contributed by atoms with Gasteiger partial charge in [-0.1, -0.05) is 71.7 Å². The van der Waals surface area contributed by atoms with E-state index in [9.17, 15) is 22.4 Å². The predicted molar refractivity (Wildman–Crippen MR) is 155 cm³/mol. The van der Waals surface area contributed by atoms with Gasteiger partial charge in [-0.05, 0) is 53.9 Å². The van der Waals surface area contributed by atoms with E-state index in [1.165, 1.54) is 17.0 Å². The first-order valence-corrected chi connectivity index (χ1v) is 15.3. The molecule has 3 aromatic carbocycles. The second-order valence-electron chi connectivity index (χ2n) is 9.24. The summed E-state index contributed by atoms with van der Waals surface area (Å²) in [5, 5.41) is 2.94. The van der Waals surface area contributed by atoms with Crippen molar-refractivity contribution in [2.45, 2.75) is 38.8 Å². The van der Waals surface area contributed by atoms with Crippen LogP contribution in [0, 0.1) is 5.82 Å². The van der Waals surface area contributed by atoms with Gasteiger partial charge in [-0.15, -0.1) is 0 Å². The lowest BCUT2D eigenvalue weighted by atomic mass is 10.0. The third kappa shape index (κ3) is 9.18. The molecular weight excluding hydrogens is 585 g/mol. The van der Waals surface area contributed by atoms with Crippen molar-refractivity contribution in [1.29, 1.82) is 0 Å². The molecule has 39 heavy (non-hydrogen) atoms. The Kier molecular flexibility index (Phi) is 11.1. The number of carbonyl (C=O) groups is 2. The smallest absolute Gasteiger partial charge is 0.244 e. The zero-order chi connectivity index (χ0) is 28.4. The second kappa shape index (κ2) is 14.2. The van der Waals surface area contributed by atoms with Crippen molar-refractivity contribution in [3.8, 4) is 0 Å². The highest BCUT2D eigenvalue weighted by atomic mass is 79.9. The van der Waals surface area contributed by atoms with Crippen LogP contribution >= 0.6 is 15.9 Å². The molecule has 2 amide bonds. The maximum absolute atomic E-state index is 13.9. The fraction of sp³-hybridized carbons (Fsp3) is 0.310. The van der Waals surface area contributed by atoms with Crippen LogP contribution in [0.3, 0.4) is 0 Å². The van der Waals surface area contributed by atoms with Crippen molar-refractivity contribution in [2.75, 3.05) is 23.7 Å². The Balaban J connectivity index is 2.01. The van der Waals surface area contributed by atoms with Gasteiger partial charge in [-0.25, -0.2) is 12.8 Å². The Hall–Kier alpha value is -3.24. The van der Waals surface area contributed by atoms with Crippen molar-refractivity contribution in [3.05, 3.63) is 100 Å². The van der Waals surface area contributed by atoms with Crippen LogP contribution in [0.4, 0.5) is 10.1 Å².